The molecule has 4 nitrogen and oxygen atoms in total. The summed E-state index contributed by atoms with van der Waals surface area (Å²) in [5.41, 5.74) is 4.62. The molecule has 1 amide bonds. The summed E-state index contributed by atoms with van der Waals surface area (Å²) in [6.07, 6.45) is 1.67. The standard InChI is InChI=1S/C16H14Br2N2O2/c1-10-6-14(18)8-12(16(10)22)9-19-20-15(21)7-11-2-4-13(17)5-3-11/h2-6,8-9,22H,7H2,1H3,(H,20,21)/b19-9-. The van der Waals surface area contributed by atoms with Crippen LogP contribution in [0.2, 0.25) is 0 Å². The summed E-state index contributed by atoms with van der Waals surface area (Å²) in [5.74, 6) is -0.0705. The molecule has 2 aromatic carbocycles. The number of hydrazone groups is 1. The number of carbonyl (C=O) groups is 1. The number of halogens is 2. The number of rotatable bonds is 4. The molecule has 0 aliphatic heterocycles. The van der Waals surface area contributed by atoms with Crippen LogP contribution >= 0.6 is 31.9 Å². The van der Waals surface area contributed by atoms with Gasteiger partial charge in [-0.3, -0.25) is 4.79 Å². The molecule has 0 spiro atoms. The zero-order chi connectivity index (χ0) is 16.1. The van der Waals surface area contributed by atoms with E-state index in [0.717, 1.165) is 20.1 Å². The number of aryl methyl sites for hydroxylation is 1. The lowest BCUT2D eigenvalue weighted by Crippen LogP contribution is -2.19. The Morgan fingerprint density at radius 1 is 1.23 bits per heavy atom. The van der Waals surface area contributed by atoms with E-state index in [9.17, 15) is 9.90 Å². The summed E-state index contributed by atoms with van der Waals surface area (Å²) in [5, 5.41) is 13.8. The molecule has 0 saturated carbocycles. The first kappa shape index (κ1) is 16.7. The van der Waals surface area contributed by atoms with Crippen LogP contribution < -0.4 is 5.43 Å². The number of nitrogens with zero attached hydrogens (tertiary/aromatic N) is 1. The summed E-state index contributed by atoms with van der Waals surface area (Å²) in [6.45, 7) is 1.80. The van der Waals surface area contributed by atoms with E-state index in [4.69, 9.17) is 0 Å². The highest BCUT2D eigenvalue weighted by Crippen LogP contribution is 2.25. The van der Waals surface area contributed by atoms with Crippen molar-refractivity contribution in [1.82, 2.24) is 5.43 Å². The van der Waals surface area contributed by atoms with Crippen molar-refractivity contribution in [1.29, 1.82) is 0 Å². The Kier molecular flexibility index (Phi) is 5.74. The van der Waals surface area contributed by atoms with Crippen LogP contribution in [-0.4, -0.2) is 17.2 Å². The van der Waals surface area contributed by atoms with Gasteiger partial charge in [-0.2, -0.15) is 5.10 Å². The highest BCUT2D eigenvalue weighted by molar-refractivity contribution is 9.10. The number of phenolic OH excluding ortho intramolecular Hbond substituents is 1. The van der Waals surface area contributed by atoms with E-state index in [2.05, 4.69) is 42.4 Å². The second-order valence-electron chi connectivity index (χ2n) is 4.76. The average molecular weight is 426 g/mol. The number of hydrogen-bond acceptors (Lipinski definition) is 3. The molecule has 0 aliphatic carbocycles. The van der Waals surface area contributed by atoms with Crippen LogP contribution in [0.3, 0.4) is 0 Å². The fourth-order valence-corrected chi connectivity index (χ4v) is 2.72. The van der Waals surface area contributed by atoms with Gasteiger partial charge in [0.05, 0.1) is 12.6 Å². The summed E-state index contributed by atoms with van der Waals surface area (Å²) >= 11 is 6.70. The third kappa shape index (κ3) is 4.68. The van der Waals surface area contributed by atoms with Crippen LogP contribution in [0.1, 0.15) is 16.7 Å². The molecule has 0 saturated heterocycles. The number of phenols is 1. The van der Waals surface area contributed by atoms with Crippen molar-refractivity contribution in [2.24, 2.45) is 5.10 Å². The van der Waals surface area contributed by atoms with Crippen LogP contribution in [0.15, 0.2) is 50.4 Å². The molecule has 0 heterocycles. The number of hydrogen-bond donors (Lipinski definition) is 2. The molecule has 22 heavy (non-hydrogen) atoms. The van der Waals surface area contributed by atoms with Crippen molar-refractivity contribution in [3.8, 4) is 5.75 Å². The van der Waals surface area contributed by atoms with Gasteiger partial charge in [-0.25, -0.2) is 5.43 Å². The Morgan fingerprint density at radius 2 is 1.91 bits per heavy atom. The molecule has 0 unspecified atom stereocenters. The maximum Gasteiger partial charge on any atom is 0.244 e. The summed E-state index contributed by atoms with van der Waals surface area (Å²) in [6, 6.07) is 11.0. The Balaban J connectivity index is 1.97. The van der Waals surface area contributed by atoms with Crippen molar-refractivity contribution in [3.63, 3.8) is 0 Å². The largest absolute Gasteiger partial charge is 0.507 e. The van der Waals surface area contributed by atoms with Gasteiger partial charge < -0.3 is 5.11 Å². The molecule has 0 radical (unpaired) electrons. The number of aromatic hydroxyl groups is 1. The van der Waals surface area contributed by atoms with E-state index in [-0.39, 0.29) is 18.1 Å². The first-order chi connectivity index (χ1) is 10.5. The lowest BCUT2D eigenvalue weighted by molar-refractivity contribution is -0.120. The molecule has 0 aliphatic rings. The summed E-state index contributed by atoms with van der Waals surface area (Å²) in [4.78, 5) is 11.8. The zero-order valence-corrected chi connectivity index (χ0v) is 15.0. The summed E-state index contributed by atoms with van der Waals surface area (Å²) < 4.78 is 1.81. The van der Waals surface area contributed by atoms with Crippen molar-refractivity contribution in [2.75, 3.05) is 0 Å². The third-order valence-corrected chi connectivity index (χ3v) is 3.95. The smallest absolute Gasteiger partial charge is 0.244 e. The van der Waals surface area contributed by atoms with Gasteiger partial charge in [0.1, 0.15) is 5.75 Å². The second-order valence-corrected chi connectivity index (χ2v) is 6.59. The summed E-state index contributed by atoms with van der Waals surface area (Å²) in [7, 11) is 0. The average Bonchev–Trinajstić information content (AvgIpc) is 2.46. The molecular formula is C16H14Br2N2O2. The highest BCUT2D eigenvalue weighted by atomic mass is 79.9. The minimum Gasteiger partial charge on any atom is -0.507 e. The predicted molar refractivity (Wildman–Crippen MR) is 94.1 cm³/mol. The van der Waals surface area contributed by atoms with Gasteiger partial charge in [-0.15, -0.1) is 0 Å². The van der Waals surface area contributed by atoms with Gasteiger partial charge in [-0.05, 0) is 42.3 Å². The van der Waals surface area contributed by atoms with E-state index in [1.54, 1.807) is 19.1 Å². The minimum atomic E-state index is -0.218. The molecule has 0 bridgehead atoms. The fraction of sp³-hybridized carbons (Fsp3) is 0.125. The maximum atomic E-state index is 11.8. The van der Waals surface area contributed by atoms with Crippen LogP contribution in [0, 0.1) is 6.92 Å². The van der Waals surface area contributed by atoms with Crippen LogP contribution in [-0.2, 0) is 11.2 Å². The van der Waals surface area contributed by atoms with Gasteiger partial charge in [-0.1, -0.05) is 44.0 Å². The number of nitrogens with one attached hydrogen (secondary N) is 1. The Morgan fingerprint density at radius 3 is 2.59 bits per heavy atom. The van der Waals surface area contributed by atoms with Gasteiger partial charge in [0.25, 0.3) is 0 Å². The number of benzene rings is 2. The van der Waals surface area contributed by atoms with Crippen LogP contribution in [0.4, 0.5) is 0 Å². The minimum absolute atomic E-state index is 0.147. The van der Waals surface area contributed by atoms with E-state index < -0.39 is 0 Å². The first-order valence-electron chi connectivity index (χ1n) is 6.51. The van der Waals surface area contributed by atoms with Crippen molar-refractivity contribution in [2.45, 2.75) is 13.3 Å². The first-order valence-corrected chi connectivity index (χ1v) is 8.10. The molecule has 2 rings (SSSR count). The van der Waals surface area contributed by atoms with Crippen LogP contribution in [0.25, 0.3) is 0 Å². The second kappa shape index (κ2) is 7.56. The van der Waals surface area contributed by atoms with Gasteiger partial charge in [0.2, 0.25) is 5.91 Å². The Bertz CT molecular complexity index is 713. The lowest BCUT2D eigenvalue weighted by Gasteiger charge is -2.04. The van der Waals surface area contributed by atoms with E-state index >= 15 is 0 Å². The van der Waals surface area contributed by atoms with E-state index in [0.29, 0.717) is 5.56 Å². The molecule has 0 atom stereocenters. The Labute approximate surface area is 145 Å². The molecule has 0 aromatic heterocycles. The third-order valence-electron chi connectivity index (χ3n) is 2.97. The lowest BCUT2D eigenvalue weighted by atomic mass is 10.1. The molecule has 2 aromatic rings. The van der Waals surface area contributed by atoms with Gasteiger partial charge in [0, 0.05) is 14.5 Å². The highest BCUT2D eigenvalue weighted by Gasteiger charge is 2.05. The fourth-order valence-electron chi connectivity index (χ4n) is 1.86. The maximum absolute atomic E-state index is 11.8. The zero-order valence-electron chi connectivity index (χ0n) is 11.8. The monoisotopic (exact) mass is 424 g/mol. The quantitative estimate of drug-likeness (QED) is 0.576. The van der Waals surface area contributed by atoms with Gasteiger partial charge >= 0.3 is 0 Å². The topological polar surface area (TPSA) is 61.7 Å². The van der Waals surface area contributed by atoms with E-state index in [1.807, 2.05) is 24.3 Å². The molecule has 114 valence electrons. The predicted octanol–water partition coefficient (Wildman–Crippen LogP) is 3.92. The normalized spacial score (nSPS) is 10.9. The van der Waals surface area contributed by atoms with E-state index in [1.165, 1.54) is 6.21 Å². The van der Waals surface area contributed by atoms with Gasteiger partial charge in [0.15, 0.2) is 0 Å². The number of amides is 1. The molecular weight excluding hydrogens is 412 g/mol. The van der Waals surface area contributed by atoms with Crippen molar-refractivity contribution >= 4 is 44.0 Å². The van der Waals surface area contributed by atoms with Crippen LogP contribution in [0.5, 0.6) is 5.75 Å². The number of carbonyl (C=O) groups excluding carboxylic acids is 1. The van der Waals surface area contributed by atoms with Crippen molar-refractivity contribution in [3.05, 3.63) is 62.0 Å². The SMILES string of the molecule is Cc1cc(Br)cc(/C=N\NC(=O)Cc2ccc(Br)cc2)c1O. The molecule has 0 fully saturated rings. The molecule has 2 N–H and O–H groups in total. The molecule has 6 heteroatoms. The van der Waals surface area contributed by atoms with Crippen molar-refractivity contribution < 1.29 is 9.90 Å². The Hall–Kier alpha value is -1.66.